The van der Waals surface area contributed by atoms with Crippen LogP contribution in [-0.2, 0) is 0 Å². The first kappa shape index (κ1) is 21.2. The van der Waals surface area contributed by atoms with Gasteiger partial charge in [-0.2, -0.15) is 0 Å². The predicted molar refractivity (Wildman–Crippen MR) is 72.8 cm³/mol. The third-order valence-corrected chi connectivity index (χ3v) is 2.59. The van der Waals surface area contributed by atoms with Crippen LogP contribution in [0.25, 0.3) is 0 Å². The van der Waals surface area contributed by atoms with Crippen LogP contribution in [0.1, 0.15) is 55.4 Å². The van der Waals surface area contributed by atoms with Gasteiger partial charge in [0.15, 0.2) is 0 Å². The molecule has 0 saturated carbocycles. The molecule has 102 valence electrons. The van der Waals surface area contributed by atoms with E-state index in [-0.39, 0.29) is 24.3 Å². The first-order valence-corrected chi connectivity index (χ1v) is 6.23. The molecule has 0 spiro atoms. The summed E-state index contributed by atoms with van der Waals surface area (Å²) in [4.78, 5) is 1.99. The highest BCUT2D eigenvalue weighted by atomic mass is 16.3. The molecule has 0 atom stereocenters. The van der Waals surface area contributed by atoms with E-state index >= 15 is 0 Å². The Labute approximate surface area is 102 Å². The summed E-state index contributed by atoms with van der Waals surface area (Å²) in [5.41, 5.74) is -0.571. The second kappa shape index (κ2) is 10.1. The maximum Gasteiger partial charge on any atom is 0.0610 e. The van der Waals surface area contributed by atoms with Gasteiger partial charge in [0.1, 0.15) is 0 Å². The summed E-state index contributed by atoms with van der Waals surface area (Å²) in [6.45, 7) is 16.0. The van der Waals surface area contributed by atoms with Crippen molar-refractivity contribution in [2.24, 2.45) is 0 Å². The molecular formula is C13H33NO2. The van der Waals surface area contributed by atoms with E-state index in [1.165, 1.54) is 0 Å². The molecule has 0 aromatic rings. The monoisotopic (exact) mass is 235 g/mol. The Bertz CT molecular complexity index is 129. The van der Waals surface area contributed by atoms with Gasteiger partial charge in [0, 0.05) is 11.1 Å². The number of aliphatic hydroxyl groups excluding tert-OH is 2. The lowest BCUT2D eigenvalue weighted by Crippen LogP contribution is -2.56. The molecule has 3 nitrogen and oxygen atoms in total. The maximum absolute atomic E-state index is 9.10. The predicted octanol–water partition coefficient (Wildman–Crippen LogP) is 2.51. The molecule has 0 aromatic heterocycles. The Hall–Kier alpha value is -0.120. The van der Waals surface area contributed by atoms with Crippen molar-refractivity contribution in [3.05, 3.63) is 0 Å². The van der Waals surface area contributed by atoms with Crippen LogP contribution in [0.3, 0.4) is 0 Å². The van der Waals surface area contributed by atoms with Gasteiger partial charge in [-0.3, -0.25) is 4.90 Å². The highest BCUT2D eigenvalue weighted by Gasteiger charge is 2.33. The molecule has 0 amide bonds. The molecule has 0 bridgehead atoms. The Kier molecular flexibility index (Phi) is 13.3. The van der Waals surface area contributed by atoms with Gasteiger partial charge < -0.3 is 10.2 Å². The van der Waals surface area contributed by atoms with Crippen molar-refractivity contribution in [2.45, 2.75) is 66.5 Å². The van der Waals surface area contributed by atoms with Gasteiger partial charge in [-0.25, -0.2) is 0 Å². The molecule has 16 heavy (non-hydrogen) atoms. The minimum absolute atomic E-state index is 0.0902. The molecule has 3 heteroatoms. The zero-order valence-electron chi connectivity index (χ0n) is 12.8. The molecular weight excluding hydrogens is 202 g/mol. The van der Waals surface area contributed by atoms with Gasteiger partial charge in [0.2, 0.25) is 0 Å². The Balaban J connectivity index is -0.000000376. The van der Waals surface area contributed by atoms with Gasteiger partial charge in [0.25, 0.3) is 0 Å². The molecule has 0 aliphatic rings. The fourth-order valence-electron chi connectivity index (χ4n) is 1.03. The van der Waals surface area contributed by atoms with Crippen molar-refractivity contribution in [1.82, 2.24) is 4.90 Å². The van der Waals surface area contributed by atoms with Crippen LogP contribution in [0.5, 0.6) is 0 Å². The van der Waals surface area contributed by atoms with Crippen molar-refractivity contribution in [2.75, 3.05) is 20.3 Å². The van der Waals surface area contributed by atoms with Gasteiger partial charge in [-0.1, -0.05) is 27.7 Å². The fourth-order valence-corrected chi connectivity index (χ4v) is 1.03. The Morgan fingerprint density at radius 1 is 0.750 bits per heavy atom. The summed E-state index contributed by atoms with van der Waals surface area (Å²) >= 11 is 0. The second-order valence-electron chi connectivity index (χ2n) is 4.50. The average Bonchev–Trinajstić information content (AvgIpc) is 2.33. The quantitative estimate of drug-likeness (QED) is 0.787. The van der Waals surface area contributed by atoms with E-state index in [0.717, 1.165) is 0 Å². The summed E-state index contributed by atoms with van der Waals surface area (Å²) in [6.07, 6.45) is 0. The van der Waals surface area contributed by atoms with E-state index in [9.17, 15) is 0 Å². The molecule has 0 unspecified atom stereocenters. The fraction of sp³-hybridized carbons (Fsp3) is 1.00. The first-order chi connectivity index (χ1) is 7.28. The van der Waals surface area contributed by atoms with E-state index in [1.54, 1.807) is 0 Å². The molecule has 0 aliphatic heterocycles. The highest BCUT2D eigenvalue weighted by molar-refractivity contribution is 4.89. The Morgan fingerprint density at radius 3 is 1.06 bits per heavy atom. The van der Waals surface area contributed by atoms with E-state index in [1.807, 2.05) is 67.3 Å². The lowest BCUT2D eigenvalue weighted by molar-refractivity contribution is -0.0207. The van der Waals surface area contributed by atoms with E-state index < -0.39 is 0 Å². The van der Waals surface area contributed by atoms with Crippen LogP contribution in [0.2, 0.25) is 0 Å². The number of hydrogen-bond acceptors (Lipinski definition) is 3. The number of nitrogens with zero attached hydrogens (tertiary/aromatic N) is 1. The molecule has 0 aliphatic carbocycles. The van der Waals surface area contributed by atoms with Crippen LogP contribution >= 0.6 is 0 Å². The van der Waals surface area contributed by atoms with Crippen molar-refractivity contribution in [3.63, 3.8) is 0 Å². The van der Waals surface area contributed by atoms with Crippen LogP contribution in [-0.4, -0.2) is 46.5 Å². The topological polar surface area (TPSA) is 43.7 Å². The van der Waals surface area contributed by atoms with Crippen molar-refractivity contribution in [1.29, 1.82) is 0 Å². The van der Waals surface area contributed by atoms with E-state index in [2.05, 4.69) is 0 Å². The molecule has 0 aromatic carbocycles. The van der Waals surface area contributed by atoms with Crippen molar-refractivity contribution in [3.8, 4) is 0 Å². The summed E-state index contributed by atoms with van der Waals surface area (Å²) < 4.78 is 0. The lowest BCUT2D eigenvalue weighted by atomic mass is 9.95. The zero-order valence-corrected chi connectivity index (χ0v) is 12.8. The Morgan fingerprint density at radius 2 is 0.938 bits per heavy atom. The van der Waals surface area contributed by atoms with E-state index in [4.69, 9.17) is 10.2 Å². The largest absolute Gasteiger partial charge is 0.394 e. The number of aliphatic hydroxyl groups is 2. The summed E-state index contributed by atoms with van der Waals surface area (Å²) in [5.74, 6) is 0. The molecule has 0 fully saturated rings. The maximum atomic E-state index is 9.10. The highest BCUT2D eigenvalue weighted by Crippen LogP contribution is 2.21. The number of rotatable bonds is 4. The third kappa shape index (κ3) is 7.20. The summed E-state index contributed by atoms with van der Waals surface area (Å²) in [5, 5.41) is 18.2. The third-order valence-electron chi connectivity index (χ3n) is 2.59. The number of hydrogen-bond donors (Lipinski definition) is 2. The van der Waals surface area contributed by atoms with Crippen molar-refractivity contribution < 1.29 is 10.2 Å². The van der Waals surface area contributed by atoms with Crippen molar-refractivity contribution >= 4 is 0 Å². The van der Waals surface area contributed by atoms with Gasteiger partial charge in [0.05, 0.1) is 13.2 Å². The molecule has 0 saturated heterocycles. The molecule has 0 heterocycles. The van der Waals surface area contributed by atoms with Crippen LogP contribution in [0, 0.1) is 0 Å². The van der Waals surface area contributed by atoms with Crippen LogP contribution < -0.4 is 0 Å². The van der Waals surface area contributed by atoms with Crippen LogP contribution in [0.4, 0.5) is 0 Å². The van der Waals surface area contributed by atoms with E-state index in [0.29, 0.717) is 0 Å². The molecule has 2 N–H and O–H groups in total. The minimum atomic E-state index is -0.285. The smallest absolute Gasteiger partial charge is 0.0610 e. The van der Waals surface area contributed by atoms with Gasteiger partial charge >= 0.3 is 0 Å². The second-order valence-corrected chi connectivity index (χ2v) is 4.50. The normalized spacial score (nSPS) is 11.2. The summed E-state index contributed by atoms with van der Waals surface area (Å²) in [6, 6.07) is 0. The lowest BCUT2D eigenvalue weighted by Gasteiger charge is -2.44. The summed E-state index contributed by atoms with van der Waals surface area (Å²) in [7, 11) is 1.91. The van der Waals surface area contributed by atoms with Crippen LogP contribution in [0.15, 0.2) is 0 Å². The standard InChI is InChI=1S/C9H21NO2.2C2H6/c1-8(2,6-11)10(5)9(3,4)7-12;2*1-2/h11-12H,6-7H2,1-5H3;2*1-2H3. The SMILES string of the molecule is CC.CC.CN(C(C)(C)CO)C(C)(C)CO. The van der Waals surface area contributed by atoms with Gasteiger partial charge in [-0.15, -0.1) is 0 Å². The number of likely N-dealkylation sites (N-methyl/N-ethyl adjacent to an activating group) is 1. The molecule has 0 rings (SSSR count). The average molecular weight is 235 g/mol. The molecule has 0 radical (unpaired) electrons. The minimum Gasteiger partial charge on any atom is -0.394 e. The van der Waals surface area contributed by atoms with Gasteiger partial charge in [-0.05, 0) is 34.7 Å². The first-order valence-electron chi connectivity index (χ1n) is 6.23. The zero-order chi connectivity index (χ0) is 14.0.